The molecule has 4 aromatic heterocycles. The number of aromatic nitrogens is 7. The van der Waals surface area contributed by atoms with E-state index < -0.39 is 17.2 Å². The maximum absolute atomic E-state index is 14.7. The molecule has 2 unspecified atom stereocenters. The summed E-state index contributed by atoms with van der Waals surface area (Å²) in [5.74, 6) is -0.123. The highest BCUT2D eigenvalue weighted by atomic mass is 16.6. The van der Waals surface area contributed by atoms with Crippen LogP contribution >= 0.6 is 0 Å². The van der Waals surface area contributed by atoms with Crippen LogP contribution in [0.3, 0.4) is 0 Å². The van der Waals surface area contributed by atoms with E-state index in [-0.39, 0.29) is 43.8 Å². The van der Waals surface area contributed by atoms with Gasteiger partial charge < -0.3 is 30.0 Å². The molecule has 7 aromatic rings. The van der Waals surface area contributed by atoms with Gasteiger partial charge in [-0.25, -0.2) is 19.0 Å². The minimum atomic E-state index is -1.29. The van der Waals surface area contributed by atoms with Crippen LogP contribution in [0.5, 0.6) is 5.75 Å². The number of fused-ring (bicyclic) bond motifs is 2. The normalized spacial score (nSPS) is 16.0. The lowest BCUT2D eigenvalue weighted by Crippen LogP contribution is -2.52. The summed E-state index contributed by atoms with van der Waals surface area (Å²) in [6, 6.07) is 25.0. The summed E-state index contributed by atoms with van der Waals surface area (Å²) in [6.45, 7) is 9.78. The van der Waals surface area contributed by atoms with Crippen LogP contribution < -0.4 is 15.4 Å². The van der Waals surface area contributed by atoms with E-state index in [4.69, 9.17) is 9.47 Å². The van der Waals surface area contributed by atoms with Crippen molar-refractivity contribution in [1.82, 2.24) is 44.8 Å². The summed E-state index contributed by atoms with van der Waals surface area (Å²) in [5, 5.41) is 20.6. The van der Waals surface area contributed by atoms with Crippen LogP contribution in [-0.4, -0.2) is 89.7 Å². The fraction of sp³-hybridized carbons (Fsp3) is 0.295. The van der Waals surface area contributed by atoms with E-state index in [2.05, 4.69) is 42.1 Å². The highest BCUT2D eigenvalue weighted by Gasteiger charge is 2.50. The second-order valence-corrected chi connectivity index (χ2v) is 15.9. The summed E-state index contributed by atoms with van der Waals surface area (Å²) < 4.78 is 14.4. The van der Waals surface area contributed by atoms with Gasteiger partial charge in [-0.15, -0.1) is 5.10 Å². The number of anilines is 1. The minimum absolute atomic E-state index is 0.0270. The van der Waals surface area contributed by atoms with Crippen molar-refractivity contribution in [3.8, 4) is 17.0 Å². The van der Waals surface area contributed by atoms with Gasteiger partial charge in [-0.05, 0) is 82.1 Å². The van der Waals surface area contributed by atoms with Crippen molar-refractivity contribution in [1.29, 1.82) is 0 Å². The largest absolute Gasteiger partial charge is 0.497 e. The first-order valence-electron chi connectivity index (χ1n) is 19.4. The molecule has 15 heteroatoms. The third-order valence-corrected chi connectivity index (χ3v) is 10.7. The molecule has 5 heterocycles. The number of aromatic amines is 1. The second kappa shape index (κ2) is 15.4. The Morgan fingerprint density at radius 3 is 2.51 bits per heavy atom. The van der Waals surface area contributed by atoms with Crippen molar-refractivity contribution in [2.75, 3.05) is 32.1 Å². The molecule has 3 N–H and O–H groups in total. The molecule has 1 fully saturated rings. The lowest BCUT2D eigenvalue weighted by molar-refractivity contribution is -0.130. The molecule has 0 spiro atoms. The Hall–Kier alpha value is -7.03. The molecule has 1 aliphatic heterocycles. The zero-order chi connectivity index (χ0) is 41.5. The number of aryl methyl sites for hydroxylation is 2. The Balaban J connectivity index is 1.06. The fourth-order valence-corrected chi connectivity index (χ4v) is 7.70. The van der Waals surface area contributed by atoms with Crippen LogP contribution in [-0.2, 0) is 15.1 Å². The molecule has 0 aliphatic carbocycles. The highest BCUT2D eigenvalue weighted by molar-refractivity contribution is 6.08. The molecule has 8 rings (SSSR count). The molecule has 0 radical (unpaired) electrons. The number of hydrogen-bond acceptors (Lipinski definition) is 9. The maximum Gasteiger partial charge on any atom is 0.410 e. The number of hydrogen-bond donors (Lipinski definition) is 3. The maximum atomic E-state index is 14.7. The van der Waals surface area contributed by atoms with Crippen molar-refractivity contribution in [3.05, 3.63) is 126 Å². The van der Waals surface area contributed by atoms with Crippen LogP contribution in [0.2, 0.25) is 0 Å². The van der Waals surface area contributed by atoms with E-state index in [9.17, 15) is 14.4 Å². The van der Waals surface area contributed by atoms with E-state index in [1.54, 1.807) is 39.5 Å². The number of methoxy groups -OCH3 is 1. The van der Waals surface area contributed by atoms with E-state index in [0.717, 1.165) is 44.7 Å². The first-order valence-corrected chi connectivity index (χ1v) is 19.4. The first kappa shape index (κ1) is 38.8. The molecule has 2 atom stereocenters. The summed E-state index contributed by atoms with van der Waals surface area (Å²) in [4.78, 5) is 50.8. The van der Waals surface area contributed by atoms with Crippen LogP contribution in [0.15, 0.2) is 97.5 Å². The predicted octanol–water partition coefficient (Wildman–Crippen LogP) is 6.63. The topological polar surface area (TPSA) is 174 Å². The highest BCUT2D eigenvalue weighted by Crippen LogP contribution is 2.35. The number of ether oxygens (including phenoxy) is 2. The zero-order valence-electron chi connectivity index (χ0n) is 33.8. The number of likely N-dealkylation sites (tertiary alicyclic amines) is 1. The van der Waals surface area contributed by atoms with E-state index in [1.807, 2.05) is 101 Å². The molecular weight excluding hydrogens is 749 g/mol. The van der Waals surface area contributed by atoms with Crippen LogP contribution in [0.25, 0.3) is 27.8 Å². The number of carbonyl (C=O) groups is 3. The molecule has 1 saturated heterocycles. The summed E-state index contributed by atoms with van der Waals surface area (Å²) in [5.41, 5.74) is 5.32. The number of rotatable bonds is 10. The molecule has 59 heavy (non-hydrogen) atoms. The lowest BCUT2D eigenvalue weighted by atomic mass is 9.90. The quantitative estimate of drug-likeness (QED) is 0.137. The Morgan fingerprint density at radius 1 is 1.00 bits per heavy atom. The number of carbonyl (C=O) groups excluding carboxylic acids is 3. The number of H-pyrrole nitrogens is 1. The Labute approximate surface area is 340 Å². The molecule has 302 valence electrons. The van der Waals surface area contributed by atoms with Gasteiger partial charge in [0.15, 0.2) is 11.2 Å². The standard InChI is InChI=1S/C44H46N10O5/c1-27-21-28(2)54-39(48-27)36(24-47-54)40(55)49-31-15-11-30(12-16-31)38-25-53(51-50-38)44(19-20-52(26-44)42(57)59-43(3,4)5)41(56)46-22-34(29-13-17-32(58-6)18-14-29)35-23-45-37-10-8-7-9-33(35)37/h7-18,21,23-25,34,45H,19-20,22,26H2,1-6H3,(H,46,56)(H,49,55). The molecule has 1 aliphatic rings. The van der Waals surface area contributed by atoms with Gasteiger partial charge in [0, 0.05) is 65.2 Å². The Bertz CT molecular complexity index is 2670. The van der Waals surface area contributed by atoms with Crippen molar-refractivity contribution in [2.45, 2.75) is 58.1 Å². The van der Waals surface area contributed by atoms with Gasteiger partial charge in [0.2, 0.25) is 5.91 Å². The molecule has 3 aromatic carbocycles. The molecule has 0 bridgehead atoms. The summed E-state index contributed by atoms with van der Waals surface area (Å²) in [7, 11) is 1.63. The fourth-order valence-electron chi connectivity index (χ4n) is 7.70. The predicted molar refractivity (Wildman–Crippen MR) is 222 cm³/mol. The number of benzene rings is 3. The van der Waals surface area contributed by atoms with Crippen molar-refractivity contribution >= 4 is 40.1 Å². The molecule has 15 nitrogen and oxygen atoms in total. The van der Waals surface area contributed by atoms with Crippen LogP contribution in [0.1, 0.15) is 66.0 Å². The van der Waals surface area contributed by atoms with Gasteiger partial charge in [0.05, 0.1) is 26.0 Å². The van der Waals surface area contributed by atoms with Gasteiger partial charge in [-0.2, -0.15) is 5.10 Å². The Kier molecular flexibility index (Phi) is 10.1. The molecular formula is C44H46N10O5. The summed E-state index contributed by atoms with van der Waals surface area (Å²) in [6.07, 6.45) is 4.99. The average molecular weight is 795 g/mol. The number of amides is 3. The third kappa shape index (κ3) is 7.70. The average Bonchev–Trinajstić information content (AvgIpc) is 4.04. The van der Waals surface area contributed by atoms with Crippen molar-refractivity contribution in [3.63, 3.8) is 0 Å². The second-order valence-electron chi connectivity index (χ2n) is 15.9. The first-order chi connectivity index (χ1) is 28.3. The van der Waals surface area contributed by atoms with Gasteiger partial charge >= 0.3 is 6.09 Å². The van der Waals surface area contributed by atoms with Crippen LogP contribution in [0.4, 0.5) is 10.5 Å². The zero-order valence-corrected chi connectivity index (χ0v) is 33.8. The minimum Gasteiger partial charge on any atom is -0.497 e. The van der Waals surface area contributed by atoms with E-state index in [0.29, 0.717) is 22.6 Å². The third-order valence-electron chi connectivity index (χ3n) is 10.7. The summed E-state index contributed by atoms with van der Waals surface area (Å²) >= 11 is 0. The van der Waals surface area contributed by atoms with E-state index >= 15 is 0 Å². The number of nitrogens with zero attached hydrogens (tertiary/aromatic N) is 7. The van der Waals surface area contributed by atoms with Gasteiger partial charge in [0.1, 0.15) is 22.6 Å². The smallest absolute Gasteiger partial charge is 0.410 e. The Morgan fingerprint density at radius 2 is 1.76 bits per heavy atom. The molecule has 0 saturated carbocycles. The van der Waals surface area contributed by atoms with Gasteiger partial charge in [0.25, 0.3) is 5.91 Å². The number of para-hydroxylation sites is 1. The van der Waals surface area contributed by atoms with Crippen molar-refractivity contribution in [2.24, 2.45) is 0 Å². The number of nitrogens with one attached hydrogen (secondary N) is 3. The molecule has 3 amide bonds. The van der Waals surface area contributed by atoms with E-state index in [1.165, 1.54) is 6.20 Å². The monoisotopic (exact) mass is 794 g/mol. The van der Waals surface area contributed by atoms with Crippen LogP contribution in [0, 0.1) is 13.8 Å². The SMILES string of the molecule is COc1ccc(C(CNC(=O)C2(n3cc(-c4ccc(NC(=O)c5cnn6c(C)cc(C)nc56)cc4)nn3)CCN(C(=O)OC(C)(C)C)C2)c2c[nH]c3ccccc23)cc1. The van der Waals surface area contributed by atoms with Crippen molar-refractivity contribution < 1.29 is 23.9 Å². The lowest BCUT2D eigenvalue weighted by Gasteiger charge is -2.30. The van der Waals surface area contributed by atoms with Gasteiger partial charge in [-0.1, -0.05) is 47.7 Å². The van der Waals surface area contributed by atoms with Gasteiger partial charge in [-0.3, -0.25) is 9.59 Å².